The lowest BCUT2D eigenvalue weighted by Crippen LogP contribution is -2.09. The average molecular weight is 468 g/mol. The number of anilines is 4. The van der Waals surface area contributed by atoms with Gasteiger partial charge in [0.15, 0.2) is 0 Å². The predicted octanol–water partition coefficient (Wildman–Crippen LogP) is 3.61. The van der Waals surface area contributed by atoms with E-state index < -0.39 is 11.7 Å². The molecule has 4 heterocycles. The summed E-state index contributed by atoms with van der Waals surface area (Å²) in [5.41, 5.74) is 0.704. The molecule has 0 unspecified atom stereocenters. The Bertz CT molecular complexity index is 1450. The Labute approximate surface area is 189 Å². The van der Waals surface area contributed by atoms with Crippen LogP contribution in [0, 0.1) is 0 Å². The van der Waals surface area contributed by atoms with Gasteiger partial charge in [-0.25, -0.2) is 14.6 Å². The van der Waals surface area contributed by atoms with Gasteiger partial charge >= 0.3 is 12.2 Å². The van der Waals surface area contributed by atoms with Gasteiger partial charge < -0.3 is 19.8 Å². The van der Waals surface area contributed by atoms with Gasteiger partial charge in [0, 0.05) is 36.0 Å². The fraction of sp³-hybridized carbons (Fsp3) is 0.100. The van der Waals surface area contributed by atoms with Crippen molar-refractivity contribution in [2.75, 3.05) is 17.7 Å². The summed E-state index contributed by atoms with van der Waals surface area (Å²) in [7, 11) is 1.37. The molecule has 11 nitrogen and oxygen atoms in total. The second-order valence-electron chi connectivity index (χ2n) is 6.93. The summed E-state index contributed by atoms with van der Waals surface area (Å²) in [5.74, 6) is 0.0915. The van der Waals surface area contributed by atoms with Crippen molar-refractivity contribution in [2.45, 2.75) is 6.18 Å². The lowest BCUT2D eigenvalue weighted by Gasteiger charge is -2.14. The Morgan fingerprint density at radius 1 is 0.941 bits per heavy atom. The molecule has 0 atom stereocenters. The number of imidazole rings is 1. The van der Waals surface area contributed by atoms with Crippen LogP contribution in [0.15, 0.2) is 61.6 Å². The van der Waals surface area contributed by atoms with Gasteiger partial charge in [0.1, 0.15) is 18.3 Å². The van der Waals surface area contributed by atoms with Crippen LogP contribution in [-0.4, -0.2) is 46.2 Å². The number of rotatable bonds is 6. The Hall–Kier alpha value is -4.75. The Morgan fingerprint density at radius 2 is 1.74 bits per heavy atom. The minimum atomic E-state index is -4.58. The van der Waals surface area contributed by atoms with Crippen LogP contribution >= 0.6 is 0 Å². The fourth-order valence-corrected chi connectivity index (χ4v) is 3.13. The highest BCUT2D eigenvalue weighted by Crippen LogP contribution is 2.33. The summed E-state index contributed by atoms with van der Waals surface area (Å²) < 4.78 is 48.6. The van der Waals surface area contributed by atoms with E-state index in [2.05, 4.69) is 40.7 Å². The van der Waals surface area contributed by atoms with Crippen molar-refractivity contribution in [2.24, 2.45) is 0 Å². The number of pyridine rings is 1. The molecule has 172 valence electrons. The molecule has 0 aliphatic carbocycles. The maximum absolute atomic E-state index is 13.5. The summed E-state index contributed by atoms with van der Waals surface area (Å²) in [6, 6.07) is 6.89. The Kier molecular flexibility index (Phi) is 5.16. The van der Waals surface area contributed by atoms with Gasteiger partial charge in [-0.2, -0.15) is 33.2 Å². The summed E-state index contributed by atoms with van der Waals surface area (Å²) in [6.07, 6.45) is 3.21. The van der Waals surface area contributed by atoms with Gasteiger partial charge in [-0.05, 0) is 24.3 Å². The van der Waals surface area contributed by atoms with Crippen molar-refractivity contribution in [1.82, 2.24) is 39.1 Å². The molecule has 0 saturated heterocycles. The topological polar surface area (TPSA) is 120 Å². The van der Waals surface area contributed by atoms with Crippen LogP contribution in [0.1, 0.15) is 5.56 Å². The first kappa shape index (κ1) is 21.1. The third-order valence-electron chi connectivity index (χ3n) is 4.64. The Morgan fingerprint density at radius 3 is 2.44 bits per heavy atom. The molecule has 4 aromatic heterocycles. The highest BCUT2D eigenvalue weighted by atomic mass is 19.4. The number of ether oxygens (including phenoxy) is 1. The van der Waals surface area contributed by atoms with Gasteiger partial charge in [0.05, 0.1) is 18.4 Å². The first-order valence-corrected chi connectivity index (χ1v) is 9.71. The molecule has 0 bridgehead atoms. The average Bonchev–Trinajstić information content (AvgIpc) is 3.50. The van der Waals surface area contributed by atoms with E-state index in [0.717, 1.165) is 12.1 Å². The number of nitrogens with one attached hydrogen (secondary N) is 2. The molecule has 0 fully saturated rings. The monoisotopic (exact) mass is 468 g/mol. The number of nitrogens with zero attached hydrogens (tertiary/aromatic N) is 8. The van der Waals surface area contributed by atoms with Crippen LogP contribution in [0.2, 0.25) is 0 Å². The molecule has 5 rings (SSSR count). The van der Waals surface area contributed by atoms with Crippen LogP contribution in [0.5, 0.6) is 6.01 Å². The van der Waals surface area contributed by atoms with E-state index >= 15 is 0 Å². The van der Waals surface area contributed by atoms with Crippen molar-refractivity contribution in [3.05, 3.63) is 67.1 Å². The van der Waals surface area contributed by atoms with Gasteiger partial charge in [-0.15, -0.1) is 0 Å². The number of hydrogen-bond donors (Lipinski definition) is 2. The number of hydrogen-bond acceptors (Lipinski definition) is 9. The SMILES string of the molecule is COc1nc(Nc2cc(-n3cncn3)cc(C(F)(F)F)c2)nc(Nc2ccn3ccnc3c2)n1. The van der Waals surface area contributed by atoms with E-state index in [1.165, 1.54) is 30.5 Å². The second kappa shape index (κ2) is 8.31. The number of fused-ring (bicyclic) bond motifs is 1. The van der Waals surface area contributed by atoms with Gasteiger partial charge in [0.2, 0.25) is 11.9 Å². The zero-order valence-corrected chi connectivity index (χ0v) is 17.4. The summed E-state index contributed by atoms with van der Waals surface area (Å²) in [4.78, 5) is 20.5. The van der Waals surface area contributed by atoms with Gasteiger partial charge in [0.25, 0.3) is 0 Å². The van der Waals surface area contributed by atoms with Gasteiger partial charge in [-0.3, -0.25) is 0 Å². The molecular weight excluding hydrogens is 453 g/mol. The summed E-state index contributed by atoms with van der Waals surface area (Å²) in [5, 5.41) is 9.70. The predicted molar refractivity (Wildman–Crippen MR) is 114 cm³/mol. The Balaban J connectivity index is 1.48. The second-order valence-corrected chi connectivity index (χ2v) is 6.93. The largest absolute Gasteiger partial charge is 0.467 e. The molecule has 2 N–H and O–H groups in total. The highest BCUT2D eigenvalue weighted by molar-refractivity contribution is 5.63. The quantitative estimate of drug-likeness (QED) is 0.385. The van der Waals surface area contributed by atoms with Gasteiger partial charge in [-0.1, -0.05) is 0 Å². The van der Waals surface area contributed by atoms with E-state index in [4.69, 9.17) is 4.74 Å². The van der Waals surface area contributed by atoms with E-state index in [0.29, 0.717) is 11.3 Å². The van der Waals surface area contributed by atoms with E-state index in [1.807, 2.05) is 4.40 Å². The van der Waals surface area contributed by atoms with E-state index in [-0.39, 0.29) is 29.3 Å². The summed E-state index contributed by atoms with van der Waals surface area (Å²) >= 11 is 0. The zero-order valence-electron chi connectivity index (χ0n) is 17.4. The van der Waals surface area contributed by atoms with Crippen LogP contribution in [-0.2, 0) is 6.18 Å². The van der Waals surface area contributed by atoms with Crippen molar-refractivity contribution in [3.8, 4) is 11.7 Å². The van der Waals surface area contributed by atoms with Crippen LogP contribution < -0.4 is 15.4 Å². The molecule has 1 aromatic carbocycles. The highest BCUT2D eigenvalue weighted by Gasteiger charge is 2.31. The third-order valence-corrected chi connectivity index (χ3v) is 4.64. The molecule has 0 aliphatic rings. The minimum Gasteiger partial charge on any atom is -0.467 e. The number of benzene rings is 1. The molecule has 5 aromatic rings. The zero-order chi connectivity index (χ0) is 23.7. The fourth-order valence-electron chi connectivity index (χ4n) is 3.13. The smallest absolute Gasteiger partial charge is 0.416 e. The molecule has 0 spiro atoms. The maximum Gasteiger partial charge on any atom is 0.416 e. The lowest BCUT2D eigenvalue weighted by atomic mass is 10.1. The van der Waals surface area contributed by atoms with Crippen molar-refractivity contribution >= 4 is 28.9 Å². The normalized spacial score (nSPS) is 11.5. The van der Waals surface area contributed by atoms with Crippen LogP contribution in [0.4, 0.5) is 36.4 Å². The molecule has 0 amide bonds. The number of aromatic nitrogens is 8. The standard InChI is InChI=1S/C20H15F3N10O/c1-34-19-30-17(27-13-2-4-32-5-3-25-16(32)9-13)29-18(31-19)28-14-6-12(20(21,22)23)7-15(8-14)33-11-24-10-26-33/h2-11H,1H3,(H2,27,28,29,30,31). The van der Waals surface area contributed by atoms with Crippen LogP contribution in [0.3, 0.4) is 0 Å². The van der Waals surface area contributed by atoms with E-state index in [1.54, 1.807) is 30.7 Å². The third kappa shape index (κ3) is 4.41. The van der Waals surface area contributed by atoms with Crippen molar-refractivity contribution < 1.29 is 17.9 Å². The minimum absolute atomic E-state index is 0.0277. The van der Waals surface area contributed by atoms with E-state index in [9.17, 15) is 13.2 Å². The van der Waals surface area contributed by atoms with Crippen molar-refractivity contribution in [1.29, 1.82) is 0 Å². The number of halogens is 3. The number of alkyl halides is 3. The first-order valence-electron chi connectivity index (χ1n) is 9.71. The first-order chi connectivity index (χ1) is 16.4. The number of methoxy groups -OCH3 is 1. The maximum atomic E-state index is 13.5. The molecule has 0 saturated carbocycles. The molecule has 0 radical (unpaired) electrons. The lowest BCUT2D eigenvalue weighted by molar-refractivity contribution is -0.137. The van der Waals surface area contributed by atoms with Crippen molar-refractivity contribution in [3.63, 3.8) is 0 Å². The van der Waals surface area contributed by atoms with Crippen LogP contribution in [0.25, 0.3) is 11.3 Å². The molecule has 0 aliphatic heterocycles. The molecular formula is C20H15F3N10O. The molecule has 34 heavy (non-hydrogen) atoms. The summed E-state index contributed by atoms with van der Waals surface area (Å²) in [6.45, 7) is 0. The molecule has 14 heteroatoms.